The van der Waals surface area contributed by atoms with Crippen LogP contribution in [-0.2, 0) is 19.4 Å². The van der Waals surface area contributed by atoms with Gasteiger partial charge in [0.25, 0.3) is 0 Å². The lowest BCUT2D eigenvalue weighted by Gasteiger charge is -1.83. The van der Waals surface area contributed by atoms with Crippen LogP contribution in [0.4, 0.5) is 0 Å². The molecule has 0 aromatic heterocycles. The molecule has 0 fully saturated rings. The van der Waals surface area contributed by atoms with E-state index in [0.717, 1.165) is 12.2 Å². The third kappa shape index (κ3) is 15.8. The lowest BCUT2D eigenvalue weighted by Crippen LogP contribution is -1.91. The Labute approximate surface area is 71.2 Å². The van der Waals surface area contributed by atoms with Gasteiger partial charge in [0, 0.05) is 12.2 Å². The zero-order chi connectivity index (χ0) is 9.98. The Morgan fingerprint density at radius 1 is 1.42 bits per heavy atom. The van der Waals surface area contributed by atoms with Gasteiger partial charge in [-0.2, -0.15) is 0 Å². The minimum Gasteiger partial charge on any atom is -0.466 e. The molecule has 67 valence electrons. The normalized spacial score (nSPS) is 8.17. The molecule has 0 saturated carbocycles. The summed E-state index contributed by atoms with van der Waals surface area (Å²) in [6.45, 7) is 4.78. The first-order valence-electron chi connectivity index (χ1n) is 3.12. The van der Waals surface area contributed by atoms with Gasteiger partial charge < -0.3 is 4.74 Å². The molecule has 0 aromatic rings. The van der Waals surface area contributed by atoms with Gasteiger partial charge in [-0.1, -0.05) is 12.7 Å². The van der Waals surface area contributed by atoms with Crippen molar-refractivity contribution in [3.05, 3.63) is 24.8 Å². The maximum absolute atomic E-state index is 9.84. The van der Waals surface area contributed by atoms with E-state index in [2.05, 4.69) is 11.3 Å². The molecule has 0 aliphatic carbocycles. The predicted octanol–water partition coefficient (Wildman–Crippen LogP) is 0.865. The molecule has 0 atom stereocenters. The summed E-state index contributed by atoms with van der Waals surface area (Å²) in [6, 6.07) is 0. The van der Waals surface area contributed by atoms with E-state index in [0.29, 0.717) is 0 Å². The molecular weight excluding hydrogens is 160 g/mol. The third-order valence-electron chi connectivity index (χ3n) is 0.671. The zero-order valence-corrected chi connectivity index (χ0v) is 7.07. The summed E-state index contributed by atoms with van der Waals surface area (Å²) in [6.07, 6.45) is 3.50. The van der Waals surface area contributed by atoms with Crippen LogP contribution in [0.1, 0.15) is 6.92 Å². The van der Waals surface area contributed by atoms with Gasteiger partial charge in [0.1, 0.15) is 0 Å². The minimum absolute atomic E-state index is 0.394. The molecule has 0 spiro atoms. The Hall–Kier alpha value is -1.58. The van der Waals surface area contributed by atoms with Crippen molar-refractivity contribution in [2.75, 3.05) is 7.11 Å². The molecule has 0 rings (SSSR count). The molecule has 0 heterocycles. The minimum atomic E-state index is -1.14. The van der Waals surface area contributed by atoms with Crippen LogP contribution < -0.4 is 0 Å². The topological polar surface area (TPSA) is 63.3 Å². The van der Waals surface area contributed by atoms with Crippen molar-refractivity contribution in [2.24, 2.45) is 0 Å². The monoisotopic (exact) mass is 171 g/mol. The predicted molar refractivity (Wildman–Crippen MR) is 42.7 cm³/mol. The van der Waals surface area contributed by atoms with Crippen molar-refractivity contribution in [2.45, 2.75) is 6.92 Å². The van der Waals surface area contributed by atoms with Crippen molar-refractivity contribution in [1.82, 2.24) is 0 Å². The molecule has 0 aliphatic rings. The molecule has 12 heavy (non-hydrogen) atoms. The van der Waals surface area contributed by atoms with Crippen LogP contribution in [0, 0.1) is 0 Å². The van der Waals surface area contributed by atoms with Gasteiger partial charge in [0.15, 0.2) is 0 Å². The van der Waals surface area contributed by atoms with Crippen molar-refractivity contribution in [3.63, 3.8) is 0 Å². The number of ether oxygens (including phenoxy) is 1. The smallest absolute Gasteiger partial charge is 0.378 e. The largest absolute Gasteiger partial charge is 0.466 e. The fourth-order valence-electron chi connectivity index (χ4n) is 0.219. The van der Waals surface area contributed by atoms with Crippen LogP contribution >= 0.6 is 0 Å². The van der Waals surface area contributed by atoms with Crippen LogP contribution in [0.3, 0.4) is 0 Å². The number of hydrogen-bond donors (Lipinski definition) is 0. The Morgan fingerprint density at radius 2 is 1.92 bits per heavy atom. The molecule has 0 unspecified atom stereocenters. The number of rotatable bonds is 2. The van der Waals surface area contributed by atoms with E-state index in [9.17, 15) is 14.7 Å². The molecule has 0 aromatic carbocycles. The number of carbonyl (C=O) groups is 2. The highest BCUT2D eigenvalue weighted by Crippen LogP contribution is 1.67. The Bertz CT molecular complexity index is 181. The first-order valence-corrected chi connectivity index (χ1v) is 3.12. The van der Waals surface area contributed by atoms with Crippen LogP contribution in [0.15, 0.2) is 24.8 Å². The first kappa shape index (κ1) is 13.0. The highest BCUT2D eigenvalue weighted by atomic mass is 16.5. The quantitative estimate of drug-likeness (QED) is 0.457. The molecule has 4 heteroatoms. The van der Waals surface area contributed by atoms with Crippen molar-refractivity contribution < 1.29 is 19.4 Å². The molecule has 0 saturated heterocycles. The Balaban J connectivity index is 0. The number of carbonyl (C=O) groups excluding carboxylic acids is 2. The molecule has 0 bridgehead atoms. The molecule has 4 nitrogen and oxygen atoms in total. The average Bonchev–Trinajstić information content (AvgIpc) is 2.04. The number of esters is 1. The van der Waals surface area contributed by atoms with E-state index < -0.39 is 11.9 Å². The number of methoxy groups -OCH3 is 1. The first-order chi connectivity index (χ1) is 5.58. The second kappa shape index (κ2) is 9.42. The molecule has 0 amide bonds. The van der Waals surface area contributed by atoms with Crippen LogP contribution in [-0.4, -0.2) is 19.0 Å². The van der Waals surface area contributed by atoms with E-state index >= 15 is 0 Å². The van der Waals surface area contributed by atoms with Crippen LogP contribution in [0.5, 0.6) is 0 Å². The summed E-state index contributed by atoms with van der Waals surface area (Å²) in [4.78, 5) is 19.2. The fraction of sp³-hybridized carbons (Fsp3) is 0.250. The second-order valence-corrected chi connectivity index (χ2v) is 1.55. The molecular formula is C8H11O4. The average molecular weight is 171 g/mol. The Morgan fingerprint density at radius 3 is 1.92 bits per heavy atom. The van der Waals surface area contributed by atoms with E-state index in [1.807, 2.05) is 0 Å². The van der Waals surface area contributed by atoms with Gasteiger partial charge in [-0.15, -0.1) is 0 Å². The number of allylic oxidation sites excluding steroid dienone is 1. The maximum Gasteiger partial charge on any atom is 0.378 e. The van der Waals surface area contributed by atoms with E-state index in [4.69, 9.17) is 0 Å². The standard InChI is InChI=1S/C4H6O2.C4H5O2/c1-3-4(5)6-2;1-2-3-4(5)6/h3H,1H2,2H3;2-3H,1H3. The summed E-state index contributed by atoms with van der Waals surface area (Å²) in [5, 5.41) is 9.40. The summed E-state index contributed by atoms with van der Waals surface area (Å²) in [5.74, 6) is -1.53. The van der Waals surface area contributed by atoms with E-state index in [-0.39, 0.29) is 0 Å². The van der Waals surface area contributed by atoms with E-state index in [1.165, 1.54) is 13.2 Å². The lowest BCUT2D eigenvalue weighted by atomic mass is 10.5. The summed E-state index contributed by atoms with van der Waals surface area (Å²) >= 11 is 0. The third-order valence-corrected chi connectivity index (χ3v) is 0.671. The van der Waals surface area contributed by atoms with Gasteiger partial charge in [0.2, 0.25) is 0 Å². The van der Waals surface area contributed by atoms with Gasteiger partial charge >= 0.3 is 11.9 Å². The zero-order valence-electron chi connectivity index (χ0n) is 7.07. The maximum atomic E-state index is 9.84. The van der Waals surface area contributed by atoms with Crippen LogP contribution in [0.25, 0.3) is 0 Å². The van der Waals surface area contributed by atoms with E-state index in [1.54, 1.807) is 6.92 Å². The second-order valence-electron chi connectivity index (χ2n) is 1.55. The van der Waals surface area contributed by atoms with Crippen molar-refractivity contribution in [3.8, 4) is 0 Å². The van der Waals surface area contributed by atoms with Crippen molar-refractivity contribution >= 4 is 11.9 Å². The number of hydrogen-bond acceptors (Lipinski definition) is 3. The SMILES string of the molecule is C=CC(=O)OC.CC=CC([O])=O. The lowest BCUT2D eigenvalue weighted by molar-refractivity contribution is -0.137. The van der Waals surface area contributed by atoms with Gasteiger partial charge in [-0.05, 0) is 6.92 Å². The molecule has 0 aliphatic heterocycles. The highest BCUT2D eigenvalue weighted by molar-refractivity contribution is 5.80. The van der Waals surface area contributed by atoms with Gasteiger partial charge in [-0.25, -0.2) is 14.7 Å². The van der Waals surface area contributed by atoms with Gasteiger partial charge in [0.05, 0.1) is 7.11 Å². The van der Waals surface area contributed by atoms with Crippen molar-refractivity contribution in [1.29, 1.82) is 0 Å². The van der Waals surface area contributed by atoms with Crippen LogP contribution in [0.2, 0.25) is 0 Å². The van der Waals surface area contributed by atoms with Gasteiger partial charge in [-0.3, -0.25) is 0 Å². The fourth-order valence-corrected chi connectivity index (χ4v) is 0.219. The molecule has 0 N–H and O–H groups in total. The highest BCUT2D eigenvalue weighted by Gasteiger charge is 1.82. The summed E-state index contributed by atoms with van der Waals surface area (Å²) in [5.41, 5.74) is 0. The summed E-state index contributed by atoms with van der Waals surface area (Å²) < 4.78 is 4.14. The Kier molecular flexibility index (Phi) is 10.2. The summed E-state index contributed by atoms with van der Waals surface area (Å²) in [7, 11) is 1.31. The molecule has 1 radical (unpaired) electrons.